The Morgan fingerprint density at radius 2 is 1.79 bits per heavy atom. The molecule has 1 heterocycles. The first kappa shape index (κ1) is 25.9. The van der Waals surface area contributed by atoms with E-state index in [2.05, 4.69) is 6.58 Å². The lowest BCUT2D eigenvalue weighted by molar-refractivity contribution is -0.218. The second kappa shape index (κ2) is 12.1. The largest absolute Gasteiger partial charge is 0.491 e. The predicted octanol–water partition coefficient (Wildman–Crippen LogP) is 2.25. The highest BCUT2D eigenvalue weighted by molar-refractivity contribution is 6.31. The molecule has 4 N–H and O–H groups in total. The maximum absolute atomic E-state index is 10.2. The van der Waals surface area contributed by atoms with Crippen molar-refractivity contribution in [3.63, 3.8) is 0 Å². The molecule has 5 atom stereocenters. The van der Waals surface area contributed by atoms with Gasteiger partial charge in [-0.25, -0.2) is 0 Å². The minimum Gasteiger partial charge on any atom is -0.491 e. The Labute approximate surface area is 199 Å². The molecule has 0 amide bonds. The number of rotatable bonds is 11. The lowest BCUT2D eigenvalue weighted by Gasteiger charge is -2.40. The second-order valence-corrected chi connectivity index (χ2v) is 8.93. The average Bonchev–Trinajstić information content (AvgIpc) is 3.64. The Kier molecular flexibility index (Phi) is 9.52. The van der Waals surface area contributed by atoms with Crippen molar-refractivity contribution in [1.29, 1.82) is 0 Å². The fraction of sp³-hybridized carbons (Fsp3) is 0.520. The summed E-state index contributed by atoms with van der Waals surface area (Å²) < 4.78 is 16.8. The van der Waals surface area contributed by atoms with Crippen LogP contribution in [0.15, 0.2) is 59.2 Å². The molecule has 0 radical (unpaired) electrons. The van der Waals surface area contributed by atoms with Crippen LogP contribution in [0.2, 0.25) is 0 Å². The van der Waals surface area contributed by atoms with Gasteiger partial charge in [0.25, 0.3) is 0 Å². The first-order chi connectivity index (χ1) is 15.8. The zero-order valence-electron chi connectivity index (χ0n) is 18.8. The van der Waals surface area contributed by atoms with E-state index in [1.165, 1.54) is 0 Å². The van der Waals surface area contributed by atoms with Gasteiger partial charge in [0.05, 0.1) is 19.3 Å². The van der Waals surface area contributed by atoms with Crippen LogP contribution in [0.25, 0.3) is 0 Å². The van der Waals surface area contributed by atoms with E-state index in [0.717, 1.165) is 29.7 Å². The van der Waals surface area contributed by atoms with Gasteiger partial charge >= 0.3 is 0 Å². The number of halogens is 1. The maximum atomic E-state index is 10.2. The van der Waals surface area contributed by atoms with Crippen molar-refractivity contribution in [2.45, 2.75) is 62.8 Å². The summed E-state index contributed by atoms with van der Waals surface area (Å²) in [5.41, 5.74) is 2.37. The number of allylic oxidation sites excluding steroid dienone is 3. The number of aliphatic hydroxyl groups is 4. The van der Waals surface area contributed by atoms with Gasteiger partial charge in [0.15, 0.2) is 0 Å². The van der Waals surface area contributed by atoms with E-state index >= 15 is 0 Å². The third kappa shape index (κ3) is 7.39. The third-order valence-corrected chi connectivity index (χ3v) is 6.18. The van der Waals surface area contributed by atoms with Crippen LogP contribution < -0.4 is 4.74 Å². The summed E-state index contributed by atoms with van der Waals surface area (Å²) in [6.07, 6.45) is 0.449. The van der Waals surface area contributed by atoms with Gasteiger partial charge in [-0.3, -0.25) is 0 Å². The van der Waals surface area contributed by atoms with Gasteiger partial charge in [0.1, 0.15) is 42.9 Å². The Bertz CT molecular complexity index is 845. The topological polar surface area (TPSA) is 109 Å². The normalized spacial score (nSPS) is 28.6. The molecule has 0 spiro atoms. The summed E-state index contributed by atoms with van der Waals surface area (Å²) in [6.45, 7) is 6.44. The minimum absolute atomic E-state index is 0.366. The van der Waals surface area contributed by atoms with Crippen LogP contribution in [0, 0.1) is 0 Å². The molecule has 7 nitrogen and oxygen atoms in total. The Balaban J connectivity index is 1.52. The van der Waals surface area contributed by atoms with Gasteiger partial charge in [0.2, 0.25) is 0 Å². The summed E-state index contributed by atoms with van der Waals surface area (Å²) in [5, 5.41) is 39.9. The SMILES string of the molecule is C=C(/C=C\C(Cl)=C(/C)Cc1ccc(OCCOC2CC2)cc1)[C@@H]1O[C@H](CO)[C@@H](O)[C@H](O)[C@H]1O. The van der Waals surface area contributed by atoms with E-state index in [0.29, 0.717) is 36.3 Å². The van der Waals surface area contributed by atoms with Crippen molar-refractivity contribution in [3.05, 3.63) is 64.7 Å². The van der Waals surface area contributed by atoms with Gasteiger partial charge < -0.3 is 34.6 Å². The van der Waals surface area contributed by atoms with Gasteiger partial charge in [-0.1, -0.05) is 42.0 Å². The summed E-state index contributed by atoms with van der Waals surface area (Å²) >= 11 is 6.44. The number of hydrogen-bond donors (Lipinski definition) is 4. The highest BCUT2D eigenvalue weighted by atomic mass is 35.5. The fourth-order valence-electron chi connectivity index (χ4n) is 3.53. The smallest absolute Gasteiger partial charge is 0.119 e. The Morgan fingerprint density at radius 1 is 1.09 bits per heavy atom. The molecule has 1 aliphatic heterocycles. The highest BCUT2D eigenvalue weighted by Crippen LogP contribution is 2.27. The van der Waals surface area contributed by atoms with E-state index in [1.807, 2.05) is 31.2 Å². The molecule has 1 aromatic carbocycles. The van der Waals surface area contributed by atoms with Gasteiger partial charge in [-0.05, 0) is 55.5 Å². The Morgan fingerprint density at radius 3 is 2.42 bits per heavy atom. The molecule has 33 heavy (non-hydrogen) atoms. The van der Waals surface area contributed by atoms with E-state index in [9.17, 15) is 20.4 Å². The van der Waals surface area contributed by atoms with Crippen molar-refractivity contribution in [1.82, 2.24) is 0 Å². The van der Waals surface area contributed by atoms with Crippen LogP contribution in [-0.2, 0) is 15.9 Å². The van der Waals surface area contributed by atoms with Crippen LogP contribution in [0.4, 0.5) is 0 Å². The zero-order chi connectivity index (χ0) is 24.0. The summed E-state index contributed by atoms with van der Waals surface area (Å²) in [7, 11) is 0. The standard InChI is InChI=1S/C25H33ClO7/c1-15(25-24(30)23(29)22(28)21(14-27)33-25)3-10-20(26)16(2)13-17-4-6-18(7-5-17)31-11-12-32-19-8-9-19/h3-7,10,19,21-25,27-30H,1,8-9,11-14H2,2H3/b10-3-,20-16-/t21-,22-,23+,24-,25+/m1/s1. The van der Waals surface area contributed by atoms with Gasteiger partial charge in [0, 0.05) is 5.03 Å². The lowest BCUT2D eigenvalue weighted by atomic mass is 9.91. The number of ether oxygens (including phenoxy) is 3. The number of aliphatic hydroxyl groups excluding tert-OH is 4. The third-order valence-electron chi connectivity index (χ3n) is 5.73. The fourth-order valence-corrected chi connectivity index (χ4v) is 3.66. The number of hydrogen-bond acceptors (Lipinski definition) is 7. The van der Waals surface area contributed by atoms with Crippen LogP contribution in [-0.4, -0.2) is 76.9 Å². The van der Waals surface area contributed by atoms with Crippen LogP contribution in [0.1, 0.15) is 25.3 Å². The predicted molar refractivity (Wildman–Crippen MR) is 125 cm³/mol. The number of benzene rings is 1. The van der Waals surface area contributed by atoms with Crippen molar-refractivity contribution >= 4 is 11.6 Å². The second-order valence-electron chi connectivity index (χ2n) is 8.53. The van der Waals surface area contributed by atoms with Crippen LogP contribution in [0.3, 0.4) is 0 Å². The van der Waals surface area contributed by atoms with Crippen LogP contribution in [0.5, 0.6) is 5.75 Å². The molecular formula is C25H33ClO7. The molecule has 2 aliphatic rings. The molecule has 1 saturated carbocycles. The molecule has 0 bridgehead atoms. The summed E-state index contributed by atoms with van der Waals surface area (Å²) in [5.74, 6) is 0.793. The molecular weight excluding hydrogens is 448 g/mol. The quantitative estimate of drug-likeness (QED) is 0.284. The van der Waals surface area contributed by atoms with Crippen molar-refractivity contribution in [2.24, 2.45) is 0 Å². The van der Waals surface area contributed by atoms with Crippen molar-refractivity contribution < 1.29 is 34.6 Å². The summed E-state index contributed by atoms with van der Waals surface area (Å²) in [6, 6.07) is 7.82. The molecule has 182 valence electrons. The van der Waals surface area contributed by atoms with Crippen molar-refractivity contribution in [3.8, 4) is 5.75 Å². The first-order valence-electron chi connectivity index (χ1n) is 11.2. The van der Waals surface area contributed by atoms with Crippen LogP contribution >= 0.6 is 11.6 Å². The monoisotopic (exact) mass is 480 g/mol. The molecule has 1 aromatic rings. The van der Waals surface area contributed by atoms with E-state index < -0.39 is 37.1 Å². The molecule has 3 rings (SSSR count). The lowest BCUT2D eigenvalue weighted by Crippen LogP contribution is -2.58. The first-order valence-corrected chi connectivity index (χ1v) is 11.5. The maximum Gasteiger partial charge on any atom is 0.119 e. The molecule has 0 unspecified atom stereocenters. The average molecular weight is 481 g/mol. The van der Waals surface area contributed by atoms with Gasteiger partial charge in [-0.2, -0.15) is 0 Å². The molecule has 1 saturated heterocycles. The van der Waals surface area contributed by atoms with E-state index in [1.54, 1.807) is 12.2 Å². The molecule has 2 fully saturated rings. The molecule has 1 aliphatic carbocycles. The summed E-state index contributed by atoms with van der Waals surface area (Å²) in [4.78, 5) is 0. The van der Waals surface area contributed by atoms with Crippen molar-refractivity contribution in [2.75, 3.05) is 19.8 Å². The molecule has 8 heteroatoms. The zero-order valence-corrected chi connectivity index (χ0v) is 19.5. The minimum atomic E-state index is -1.45. The van der Waals surface area contributed by atoms with E-state index in [4.69, 9.17) is 25.8 Å². The Hall–Kier alpha value is -1.71. The van der Waals surface area contributed by atoms with Gasteiger partial charge in [-0.15, -0.1) is 0 Å². The highest BCUT2D eigenvalue weighted by Gasteiger charge is 2.43. The van der Waals surface area contributed by atoms with E-state index in [-0.39, 0.29) is 0 Å². The molecule has 0 aromatic heterocycles.